The Morgan fingerprint density at radius 3 is 2.85 bits per heavy atom. The third-order valence-corrected chi connectivity index (χ3v) is 6.49. The van der Waals surface area contributed by atoms with Gasteiger partial charge in [0.15, 0.2) is 5.13 Å². The highest BCUT2D eigenvalue weighted by Crippen LogP contribution is 2.49. The normalized spacial score (nSPS) is 24.6. The first-order valence-electron chi connectivity index (χ1n) is 9.13. The van der Waals surface area contributed by atoms with Crippen LogP contribution >= 0.6 is 11.3 Å². The zero-order chi connectivity index (χ0) is 19.8. The number of nitrogens with zero attached hydrogens (tertiary/aromatic N) is 2. The molecule has 0 spiro atoms. The van der Waals surface area contributed by atoms with Gasteiger partial charge in [-0.05, 0) is 39.5 Å². The van der Waals surface area contributed by atoms with Crippen molar-refractivity contribution >= 4 is 34.4 Å². The Labute approximate surface area is 161 Å². The molecule has 2 atom stereocenters. The fraction of sp³-hybridized carbons (Fsp3) is 0.667. The van der Waals surface area contributed by atoms with Crippen LogP contribution in [0.5, 0.6) is 0 Å². The molecule has 2 aliphatic rings. The van der Waals surface area contributed by atoms with E-state index in [0.717, 1.165) is 12.8 Å². The molecule has 2 heterocycles. The average Bonchev–Trinajstić information content (AvgIpc) is 3.28. The summed E-state index contributed by atoms with van der Waals surface area (Å²) in [6, 6.07) is -0.347. The molecule has 0 aromatic carbocycles. The lowest BCUT2D eigenvalue weighted by molar-refractivity contribution is -0.150. The number of hydrogen-bond donors (Lipinski definition) is 2. The molecule has 1 aliphatic heterocycles. The number of hydrogen-bond acceptors (Lipinski definition) is 6. The number of fused-ring (bicyclic) bond motifs is 1. The Morgan fingerprint density at radius 2 is 2.22 bits per heavy atom. The number of aromatic nitrogens is 1. The molecule has 2 N–H and O–H groups in total. The van der Waals surface area contributed by atoms with Crippen LogP contribution in [0.4, 0.5) is 9.93 Å². The smallest absolute Gasteiger partial charge is 0.323 e. The van der Waals surface area contributed by atoms with Crippen LogP contribution in [0.2, 0.25) is 0 Å². The highest BCUT2D eigenvalue weighted by Gasteiger charge is 2.55. The Morgan fingerprint density at radius 1 is 1.48 bits per heavy atom. The van der Waals surface area contributed by atoms with Crippen molar-refractivity contribution in [3.63, 3.8) is 0 Å². The zero-order valence-corrected chi connectivity index (χ0v) is 16.6. The second kappa shape index (κ2) is 7.10. The molecule has 8 nitrogen and oxygen atoms in total. The maximum absolute atomic E-state index is 12.6. The van der Waals surface area contributed by atoms with Crippen LogP contribution in [-0.2, 0) is 19.7 Å². The summed E-state index contributed by atoms with van der Waals surface area (Å²) in [5.74, 6) is -1.17. The quantitative estimate of drug-likeness (QED) is 0.742. The molecule has 1 saturated carbocycles. The maximum Gasteiger partial charge on any atom is 0.323 e. The van der Waals surface area contributed by atoms with Crippen LogP contribution in [0.15, 0.2) is 5.38 Å². The summed E-state index contributed by atoms with van der Waals surface area (Å²) in [5, 5.41) is 14.5. The van der Waals surface area contributed by atoms with Crippen molar-refractivity contribution in [2.24, 2.45) is 11.3 Å². The van der Waals surface area contributed by atoms with Gasteiger partial charge in [-0.15, -0.1) is 11.3 Å². The Balaban J connectivity index is 1.67. The van der Waals surface area contributed by atoms with Crippen molar-refractivity contribution in [2.45, 2.75) is 45.4 Å². The fourth-order valence-corrected chi connectivity index (χ4v) is 4.87. The number of carbonyl (C=O) groups excluding carboxylic acids is 2. The van der Waals surface area contributed by atoms with Gasteiger partial charge in [-0.25, -0.2) is 9.78 Å². The largest absolute Gasteiger partial charge is 0.481 e. The molecule has 1 saturated heterocycles. The highest BCUT2D eigenvalue weighted by atomic mass is 32.1. The van der Waals surface area contributed by atoms with Crippen molar-refractivity contribution < 1.29 is 24.2 Å². The van der Waals surface area contributed by atoms with E-state index in [9.17, 15) is 19.5 Å². The Bertz CT molecular complexity index is 762. The summed E-state index contributed by atoms with van der Waals surface area (Å²) >= 11 is 1.23. The first kappa shape index (κ1) is 19.6. The summed E-state index contributed by atoms with van der Waals surface area (Å²) in [4.78, 5) is 42.4. The predicted octanol–water partition coefficient (Wildman–Crippen LogP) is 2.70. The third kappa shape index (κ3) is 3.40. The minimum atomic E-state index is -0.909. The second-order valence-corrected chi connectivity index (χ2v) is 8.60. The molecule has 1 aromatic heterocycles. The van der Waals surface area contributed by atoms with Crippen LogP contribution in [-0.4, -0.2) is 52.7 Å². The van der Waals surface area contributed by atoms with Gasteiger partial charge in [0.2, 0.25) is 0 Å². The van der Waals surface area contributed by atoms with E-state index in [4.69, 9.17) is 4.74 Å². The number of thiazole rings is 1. The average molecular weight is 395 g/mol. The number of likely N-dealkylation sites (tertiary alicyclic amines) is 1. The van der Waals surface area contributed by atoms with E-state index in [1.165, 1.54) is 11.3 Å². The molecule has 3 rings (SSSR count). The van der Waals surface area contributed by atoms with Crippen molar-refractivity contribution in [3.05, 3.63) is 11.1 Å². The Kier molecular flexibility index (Phi) is 5.16. The number of aliphatic carboxylic acids is 1. The topological polar surface area (TPSA) is 109 Å². The summed E-state index contributed by atoms with van der Waals surface area (Å²) < 4.78 is 5.08. The van der Waals surface area contributed by atoms with Gasteiger partial charge in [-0.2, -0.15) is 0 Å². The molecule has 0 bridgehead atoms. The van der Waals surface area contributed by atoms with E-state index in [-0.39, 0.29) is 31.1 Å². The maximum atomic E-state index is 12.6. The molecule has 2 fully saturated rings. The standard InChI is InChI=1S/C18H25N3O5S/c1-4-26-14(24)17(2,3)12-9-27-15(19-12)20-16(25)21-8-11-6-5-7-18(11,10-21)13(22)23/h9,11H,4-8,10H2,1-3H3,(H,22,23)(H,19,20,25)/t11-,18+/m0/s1. The van der Waals surface area contributed by atoms with E-state index in [0.29, 0.717) is 23.8 Å². The molecule has 2 amide bonds. The van der Waals surface area contributed by atoms with Crippen molar-refractivity contribution in [1.29, 1.82) is 0 Å². The lowest BCUT2D eigenvalue weighted by Gasteiger charge is -2.23. The number of carboxylic acid groups (broad SMARTS) is 1. The molecule has 148 valence electrons. The van der Waals surface area contributed by atoms with Gasteiger partial charge in [0, 0.05) is 18.5 Å². The van der Waals surface area contributed by atoms with Crippen LogP contribution in [0, 0.1) is 11.3 Å². The van der Waals surface area contributed by atoms with E-state index in [1.54, 1.807) is 31.1 Å². The third-order valence-electron chi connectivity index (χ3n) is 5.73. The summed E-state index contributed by atoms with van der Waals surface area (Å²) in [7, 11) is 0. The lowest BCUT2D eigenvalue weighted by Crippen LogP contribution is -2.38. The number of anilines is 1. The molecule has 0 radical (unpaired) electrons. The molecule has 1 aromatic rings. The summed E-state index contributed by atoms with van der Waals surface area (Å²) in [5.41, 5.74) is -1.19. The first-order valence-corrected chi connectivity index (χ1v) is 10.0. The molecular weight excluding hydrogens is 370 g/mol. The monoisotopic (exact) mass is 395 g/mol. The molecule has 1 aliphatic carbocycles. The van der Waals surface area contributed by atoms with Crippen LogP contribution in [0.25, 0.3) is 0 Å². The van der Waals surface area contributed by atoms with Crippen molar-refractivity contribution in [2.75, 3.05) is 25.0 Å². The van der Waals surface area contributed by atoms with Gasteiger partial charge in [0.25, 0.3) is 0 Å². The number of esters is 1. The minimum absolute atomic E-state index is 0.00959. The van der Waals surface area contributed by atoms with Crippen LogP contribution < -0.4 is 5.32 Å². The Hall–Kier alpha value is -2.16. The number of nitrogens with one attached hydrogen (secondary N) is 1. The minimum Gasteiger partial charge on any atom is -0.481 e. The van der Waals surface area contributed by atoms with E-state index in [1.807, 2.05) is 0 Å². The van der Waals surface area contributed by atoms with Gasteiger partial charge in [-0.1, -0.05) is 6.42 Å². The second-order valence-electron chi connectivity index (χ2n) is 7.74. The number of urea groups is 1. The van der Waals surface area contributed by atoms with Crippen molar-refractivity contribution in [3.8, 4) is 0 Å². The number of carbonyl (C=O) groups is 3. The molecule has 0 unspecified atom stereocenters. The van der Waals surface area contributed by atoms with Gasteiger partial charge < -0.3 is 14.7 Å². The molecular formula is C18H25N3O5S. The van der Waals surface area contributed by atoms with Crippen LogP contribution in [0.3, 0.4) is 0 Å². The first-order chi connectivity index (χ1) is 12.7. The lowest BCUT2D eigenvalue weighted by atomic mass is 9.81. The number of rotatable bonds is 5. The molecule has 9 heteroatoms. The number of carboxylic acids is 1. The van der Waals surface area contributed by atoms with Gasteiger partial charge in [-0.3, -0.25) is 14.9 Å². The van der Waals surface area contributed by atoms with Gasteiger partial charge in [0.05, 0.1) is 17.7 Å². The summed E-state index contributed by atoms with van der Waals surface area (Å²) in [6.07, 6.45) is 2.35. The summed E-state index contributed by atoms with van der Waals surface area (Å²) in [6.45, 7) is 6.16. The predicted molar refractivity (Wildman–Crippen MR) is 99.8 cm³/mol. The van der Waals surface area contributed by atoms with E-state index in [2.05, 4.69) is 10.3 Å². The SMILES string of the molecule is CCOC(=O)C(C)(C)c1csc(NC(=O)N2C[C@@H]3CCC[C@@]3(C(=O)O)C2)n1. The van der Waals surface area contributed by atoms with Gasteiger partial charge in [0.1, 0.15) is 5.41 Å². The van der Waals surface area contributed by atoms with Crippen LogP contribution in [0.1, 0.15) is 45.7 Å². The number of amides is 2. The molecule has 27 heavy (non-hydrogen) atoms. The van der Waals surface area contributed by atoms with Crippen molar-refractivity contribution in [1.82, 2.24) is 9.88 Å². The fourth-order valence-electron chi connectivity index (χ4n) is 4.00. The zero-order valence-electron chi connectivity index (χ0n) is 15.8. The number of ether oxygens (including phenoxy) is 1. The highest BCUT2D eigenvalue weighted by molar-refractivity contribution is 7.14. The van der Waals surface area contributed by atoms with E-state index < -0.39 is 16.8 Å². The van der Waals surface area contributed by atoms with Gasteiger partial charge >= 0.3 is 18.0 Å². The van der Waals surface area contributed by atoms with E-state index >= 15 is 0 Å².